The van der Waals surface area contributed by atoms with Crippen molar-refractivity contribution in [3.8, 4) is 0 Å². The number of non-ortho nitro benzene ring substituents is 1. The van der Waals surface area contributed by atoms with Crippen LogP contribution in [0.4, 0.5) is 5.69 Å². The van der Waals surface area contributed by atoms with E-state index in [1.807, 2.05) is 0 Å². The lowest BCUT2D eigenvalue weighted by atomic mass is 10.2. The summed E-state index contributed by atoms with van der Waals surface area (Å²) in [5, 5.41) is 10.7. The molecule has 1 aliphatic rings. The highest BCUT2D eigenvalue weighted by Crippen LogP contribution is 2.23. The van der Waals surface area contributed by atoms with Crippen molar-refractivity contribution in [1.29, 1.82) is 0 Å². The van der Waals surface area contributed by atoms with Crippen LogP contribution in [0.15, 0.2) is 51.8 Å². The average Bonchev–Trinajstić information content (AvgIpc) is 2.41. The molecule has 0 unspecified atom stereocenters. The number of carbonyl (C=O) groups excluding carboxylic acids is 1. The fourth-order valence-corrected chi connectivity index (χ4v) is 2.92. The molecule has 1 aromatic carbocycles. The summed E-state index contributed by atoms with van der Waals surface area (Å²) in [5.74, 6) is -0.266. The monoisotopic (exact) mass is 306 g/mol. The molecule has 7 nitrogen and oxygen atoms in total. The van der Waals surface area contributed by atoms with Crippen LogP contribution in [0.5, 0.6) is 0 Å². The van der Waals surface area contributed by atoms with E-state index in [0.717, 1.165) is 6.07 Å². The first-order valence-electron chi connectivity index (χ1n) is 5.80. The van der Waals surface area contributed by atoms with Crippen molar-refractivity contribution in [2.24, 2.45) is 4.40 Å². The summed E-state index contributed by atoms with van der Waals surface area (Å²) in [6.07, 6.45) is 4.92. The van der Waals surface area contributed by atoms with Gasteiger partial charge in [-0.1, -0.05) is 6.07 Å². The van der Waals surface area contributed by atoms with E-state index in [1.54, 1.807) is 0 Å². The van der Waals surface area contributed by atoms with Crippen molar-refractivity contribution < 1.29 is 18.1 Å². The number of nitro benzene ring substituents is 1. The van der Waals surface area contributed by atoms with Crippen LogP contribution in [-0.2, 0) is 14.8 Å². The van der Waals surface area contributed by atoms with Crippen LogP contribution < -0.4 is 0 Å². The molecular formula is C13H10N2O5S. The number of ketones is 1. The minimum absolute atomic E-state index is 0.0838. The van der Waals surface area contributed by atoms with E-state index < -0.39 is 14.9 Å². The van der Waals surface area contributed by atoms with Crippen LogP contribution in [0.2, 0.25) is 0 Å². The molecule has 0 fully saturated rings. The second kappa shape index (κ2) is 5.41. The second-order valence-corrected chi connectivity index (χ2v) is 5.84. The first-order valence-corrected chi connectivity index (χ1v) is 7.24. The zero-order valence-corrected chi connectivity index (χ0v) is 11.7. The molecule has 1 aliphatic carbocycles. The van der Waals surface area contributed by atoms with E-state index in [2.05, 4.69) is 4.40 Å². The third kappa shape index (κ3) is 3.29. The minimum Gasteiger partial charge on any atom is -0.290 e. The van der Waals surface area contributed by atoms with Crippen molar-refractivity contribution in [3.63, 3.8) is 0 Å². The molecule has 0 saturated heterocycles. The molecule has 0 heterocycles. The average molecular weight is 306 g/mol. The zero-order valence-electron chi connectivity index (χ0n) is 10.9. The van der Waals surface area contributed by atoms with Gasteiger partial charge in [0.15, 0.2) is 5.78 Å². The maximum absolute atomic E-state index is 12.2. The van der Waals surface area contributed by atoms with Crippen LogP contribution in [-0.4, -0.2) is 24.8 Å². The highest BCUT2D eigenvalue weighted by Gasteiger charge is 2.20. The number of carbonyl (C=O) groups is 1. The van der Waals surface area contributed by atoms with E-state index in [1.165, 1.54) is 43.4 Å². The molecule has 0 atom stereocenters. The SMILES string of the molecule is Cc1ccc([N+](=O)[O-])cc1S(=O)(=O)N=C1C=CC(=O)C=C1. The molecule has 8 heteroatoms. The standard InChI is InChI=1S/C13H10N2O5S/c1-9-2-5-11(15(17)18)8-13(9)21(19,20)14-10-3-6-12(16)7-4-10/h2-8H,1H3. The van der Waals surface area contributed by atoms with E-state index in [0.29, 0.717) is 5.56 Å². The van der Waals surface area contributed by atoms with E-state index in [-0.39, 0.29) is 22.1 Å². The molecule has 0 aliphatic heterocycles. The van der Waals surface area contributed by atoms with Crippen LogP contribution in [0.25, 0.3) is 0 Å². The molecular weight excluding hydrogens is 296 g/mol. The van der Waals surface area contributed by atoms with Crippen molar-refractivity contribution >= 4 is 27.2 Å². The van der Waals surface area contributed by atoms with Crippen molar-refractivity contribution in [2.75, 3.05) is 0 Å². The summed E-state index contributed by atoms with van der Waals surface area (Å²) in [6.45, 7) is 1.52. The van der Waals surface area contributed by atoms with Gasteiger partial charge in [0.2, 0.25) is 0 Å². The molecule has 1 aromatic rings. The Morgan fingerprint density at radius 2 is 1.76 bits per heavy atom. The normalized spacial score (nSPS) is 14.3. The Hall–Kier alpha value is -2.61. The predicted octanol–water partition coefficient (Wildman–Crippen LogP) is 1.73. The summed E-state index contributed by atoms with van der Waals surface area (Å²) in [6, 6.07) is 3.54. The maximum Gasteiger partial charge on any atom is 0.283 e. The molecule has 0 bridgehead atoms. The summed E-state index contributed by atoms with van der Waals surface area (Å²) in [7, 11) is -4.09. The van der Waals surface area contributed by atoms with Gasteiger partial charge in [-0.05, 0) is 36.8 Å². The number of hydrogen-bond acceptors (Lipinski definition) is 5. The number of allylic oxidation sites excluding steroid dienone is 4. The lowest BCUT2D eigenvalue weighted by Gasteiger charge is -2.05. The van der Waals surface area contributed by atoms with Crippen molar-refractivity contribution in [3.05, 3.63) is 58.2 Å². The highest BCUT2D eigenvalue weighted by molar-refractivity contribution is 7.90. The molecule has 2 rings (SSSR count). The summed E-state index contributed by atoms with van der Waals surface area (Å²) >= 11 is 0. The predicted molar refractivity (Wildman–Crippen MR) is 75.7 cm³/mol. The molecule has 0 N–H and O–H groups in total. The number of hydrogen-bond donors (Lipinski definition) is 0. The number of rotatable bonds is 3. The summed E-state index contributed by atoms with van der Waals surface area (Å²) in [5.41, 5.74) is 0.106. The smallest absolute Gasteiger partial charge is 0.283 e. The zero-order chi connectivity index (χ0) is 15.6. The van der Waals surface area contributed by atoms with E-state index in [4.69, 9.17) is 0 Å². The lowest BCUT2D eigenvalue weighted by Crippen LogP contribution is -2.06. The Labute approximate surface area is 120 Å². The number of sulfonamides is 1. The molecule has 0 aromatic heterocycles. The Kier molecular flexibility index (Phi) is 3.81. The number of nitrogens with zero attached hydrogens (tertiary/aromatic N) is 2. The Balaban J connectivity index is 2.50. The van der Waals surface area contributed by atoms with Gasteiger partial charge < -0.3 is 0 Å². The third-order valence-electron chi connectivity index (χ3n) is 2.72. The first-order chi connectivity index (χ1) is 9.79. The van der Waals surface area contributed by atoms with Gasteiger partial charge in [0, 0.05) is 12.1 Å². The lowest BCUT2D eigenvalue weighted by molar-refractivity contribution is -0.385. The van der Waals surface area contributed by atoms with E-state index >= 15 is 0 Å². The maximum atomic E-state index is 12.2. The van der Waals surface area contributed by atoms with Crippen LogP contribution in [0, 0.1) is 17.0 Å². The minimum atomic E-state index is -4.09. The third-order valence-corrected chi connectivity index (χ3v) is 4.17. The topological polar surface area (TPSA) is 107 Å². The van der Waals surface area contributed by atoms with Gasteiger partial charge in [0.25, 0.3) is 15.7 Å². The highest BCUT2D eigenvalue weighted by atomic mass is 32.2. The van der Waals surface area contributed by atoms with Crippen LogP contribution >= 0.6 is 0 Å². The second-order valence-electron chi connectivity index (χ2n) is 4.27. The molecule has 0 saturated carbocycles. The summed E-state index contributed by atoms with van der Waals surface area (Å²) in [4.78, 5) is 20.8. The number of benzene rings is 1. The Morgan fingerprint density at radius 3 is 2.33 bits per heavy atom. The fraction of sp³-hybridized carbons (Fsp3) is 0.0769. The molecule has 0 amide bonds. The number of aryl methyl sites for hydroxylation is 1. The van der Waals surface area contributed by atoms with Crippen LogP contribution in [0.3, 0.4) is 0 Å². The molecule has 0 radical (unpaired) electrons. The van der Waals surface area contributed by atoms with Gasteiger partial charge in [0.05, 0.1) is 15.5 Å². The number of nitro groups is 1. The quantitative estimate of drug-likeness (QED) is 0.480. The fourth-order valence-electron chi connectivity index (χ4n) is 1.68. The van der Waals surface area contributed by atoms with Crippen molar-refractivity contribution in [1.82, 2.24) is 0 Å². The molecule has 108 valence electrons. The van der Waals surface area contributed by atoms with Gasteiger partial charge in [-0.25, -0.2) is 0 Å². The largest absolute Gasteiger partial charge is 0.290 e. The van der Waals surface area contributed by atoms with Gasteiger partial charge >= 0.3 is 0 Å². The Morgan fingerprint density at radius 1 is 1.14 bits per heavy atom. The van der Waals surface area contributed by atoms with Gasteiger partial charge in [-0.15, -0.1) is 0 Å². The molecule has 0 spiro atoms. The van der Waals surface area contributed by atoms with Crippen molar-refractivity contribution in [2.45, 2.75) is 11.8 Å². The van der Waals surface area contributed by atoms with Gasteiger partial charge in [-0.3, -0.25) is 14.9 Å². The summed E-state index contributed by atoms with van der Waals surface area (Å²) < 4.78 is 28.0. The van der Waals surface area contributed by atoms with Crippen LogP contribution in [0.1, 0.15) is 5.56 Å². The first kappa shape index (κ1) is 14.8. The van der Waals surface area contributed by atoms with Gasteiger partial charge in [-0.2, -0.15) is 12.8 Å². The Bertz CT molecular complexity index is 801. The van der Waals surface area contributed by atoms with Gasteiger partial charge in [0.1, 0.15) is 0 Å². The molecule has 21 heavy (non-hydrogen) atoms. The van der Waals surface area contributed by atoms with E-state index in [9.17, 15) is 23.3 Å².